The summed E-state index contributed by atoms with van der Waals surface area (Å²) in [6, 6.07) is 16.3. The largest absolute Gasteiger partial charge is 0.508 e. The molecule has 1 saturated heterocycles. The van der Waals surface area contributed by atoms with E-state index < -0.39 is 49.1 Å². The number of para-hydroxylation sites is 1. The number of H-pyrrole nitrogens is 1. The molecule has 4 aromatic carbocycles. The number of rotatable bonds is 5. The third-order valence-corrected chi connectivity index (χ3v) is 10.3. The molecule has 5 heterocycles. The monoisotopic (exact) mass is 682 g/mol. The van der Waals surface area contributed by atoms with Crippen LogP contribution >= 0.6 is 11.3 Å². The lowest BCUT2D eigenvalue weighted by molar-refractivity contribution is -0.249. The van der Waals surface area contributed by atoms with Crippen molar-refractivity contribution in [3.8, 4) is 11.5 Å². The normalized spacial score (nSPS) is 22.9. The molecule has 248 valence electrons. The highest BCUT2D eigenvalue weighted by Crippen LogP contribution is 2.48. The fourth-order valence-electron chi connectivity index (χ4n) is 7.17. The number of phenols is 2. The maximum Gasteiger partial charge on any atom is 0.286 e. The predicted octanol–water partition coefficient (Wildman–Crippen LogP) is 3.15. The Bertz CT molecular complexity index is 2500. The van der Waals surface area contributed by atoms with Gasteiger partial charge in [0.25, 0.3) is 11.8 Å². The average molecular weight is 683 g/mol. The molecule has 9 rings (SSSR count). The number of nitrogens with zero attached hydrogens (tertiary/aromatic N) is 3. The predicted molar refractivity (Wildman–Crippen MR) is 176 cm³/mol. The lowest BCUT2D eigenvalue weighted by Gasteiger charge is -2.41. The number of aromatic nitrogens is 3. The second-order valence-electron chi connectivity index (χ2n) is 12.1. The van der Waals surface area contributed by atoms with Gasteiger partial charge in [0.2, 0.25) is 0 Å². The van der Waals surface area contributed by atoms with E-state index in [1.807, 2.05) is 24.3 Å². The van der Waals surface area contributed by atoms with Crippen LogP contribution in [0.5, 0.6) is 11.5 Å². The summed E-state index contributed by atoms with van der Waals surface area (Å²) in [5.41, 5.74) is 2.03. The smallest absolute Gasteiger partial charge is 0.286 e. The van der Waals surface area contributed by atoms with Crippen molar-refractivity contribution in [2.75, 3.05) is 6.61 Å². The van der Waals surface area contributed by atoms with E-state index in [-0.39, 0.29) is 45.7 Å². The van der Waals surface area contributed by atoms with Crippen LogP contribution in [0.15, 0.2) is 60.7 Å². The maximum absolute atomic E-state index is 14.4. The molecule has 49 heavy (non-hydrogen) atoms. The molecule has 0 bridgehead atoms. The van der Waals surface area contributed by atoms with E-state index in [0.717, 1.165) is 10.2 Å². The summed E-state index contributed by atoms with van der Waals surface area (Å²) in [5.74, 6) is -1.72. The van der Waals surface area contributed by atoms with Crippen LogP contribution < -0.4 is 0 Å². The van der Waals surface area contributed by atoms with Gasteiger partial charge in [0.1, 0.15) is 47.5 Å². The molecule has 0 aliphatic carbocycles. The van der Waals surface area contributed by atoms with Crippen LogP contribution in [0, 0.1) is 0 Å². The first-order chi connectivity index (χ1) is 23.7. The SMILES string of the molecule is O=C1c2c(c3c4ccc(O)cc4n([C@@H]4O[C@H](CO)[C@@H](O)[C@H](O)[C@H]4O)c3c3[nH]c4cc(O)ccc4c23)C(=O)N1OCc1nc2ccccc2s1. The standard InChI is InChI=1S/C34H26N4O10S/c39-11-20-29(42)30(43)31(44)34(48-20)37-19-10-14(41)6-8-16(19)24-26-25(23-15-7-5-13(40)9-18(15)36-27(23)28(24)37)32(45)38(33(26)46)47-12-22-35-17-3-1-2-4-21(17)49-22/h1-10,20,29-31,34,36,39-44H,11-12H2/t20-,29-,30+,31-,34-/m1/s1. The van der Waals surface area contributed by atoms with E-state index in [1.54, 1.807) is 12.1 Å². The lowest BCUT2D eigenvalue weighted by atomic mass is 9.96. The molecular formula is C34H26N4O10S. The summed E-state index contributed by atoms with van der Waals surface area (Å²) in [7, 11) is 0. The number of aromatic hydroxyl groups is 2. The van der Waals surface area contributed by atoms with Crippen LogP contribution in [-0.4, -0.2) is 93.1 Å². The summed E-state index contributed by atoms with van der Waals surface area (Å²) in [5, 5.41) is 66.3. The number of fused-ring (bicyclic) bond motifs is 11. The Morgan fingerprint density at radius 1 is 0.878 bits per heavy atom. The first kappa shape index (κ1) is 30.0. The van der Waals surface area contributed by atoms with Gasteiger partial charge in [0.15, 0.2) is 6.23 Å². The van der Waals surface area contributed by atoms with E-state index in [4.69, 9.17) is 9.57 Å². The van der Waals surface area contributed by atoms with Crippen LogP contribution in [0.3, 0.4) is 0 Å². The number of carbonyl (C=O) groups excluding carboxylic acids is 2. The summed E-state index contributed by atoms with van der Waals surface area (Å²) in [6.07, 6.45) is -7.83. The molecule has 0 spiro atoms. The molecule has 0 unspecified atom stereocenters. The van der Waals surface area contributed by atoms with Crippen molar-refractivity contribution < 1.29 is 49.8 Å². The zero-order valence-electron chi connectivity index (χ0n) is 25.1. The molecule has 2 aliphatic rings. The summed E-state index contributed by atoms with van der Waals surface area (Å²) >= 11 is 1.37. The van der Waals surface area contributed by atoms with E-state index in [1.165, 1.54) is 40.2 Å². The highest BCUT2D eigenvalue weighted by atomic mass is 32.1. The second-order valence-corrected chi connectivity index (χ2v) is 13.2. The number of carbonyl (C=O) groups is 2. The zero-order chi connectivity index (χ0) is 33.9. The van der Waals surface area contributed by atoms with Gasteiger partial charge in [-0.2, -0.15) is 0 Å². The second kappa shape index (κ2) is 10.7. The van der Waals surface area contributed by atoms with Crippen molar-refractivity contribution in [3.05, 3.63) is 76.8 Å². The van der Waals surface area contributed by atoms with E-state index in [2.05, 4.69) is 9.97 Å². The quantitative estimate of drug-likeness (QED) is 0.131. The molecule has 5 atom stereocenters. The van der Waals surface area contributed by atoms with Crippen LogP contribution in [0.1, 0.15) is 32.0 Å². The molecule has 14 nitrogen and oxygen atoms in total. The summed E-state index contributed by atoms with van der Waals surface area (Å²) in [4.78, 5) is 42.4. The van der Waals surface area contributed by atoms with Crippen molar-refractivity contribution in [3.63, 3.8) is 0 Å². The number of benzene rings is 4. The maximum atomic E-state index is 14.4. The highest BCUT2D eigenvalue weighted by Gasteiger charge is 2.47. The number of aliphatic hydroxyl groups excluding tert-OH is 4. The van der Waals surface area contributed by atoms with E-state index >= 15 is 0 Å². The molecule has 2 aliphatic heterocycles. The van der Waals surface area contributed by atoms with Crippen LogP contribution in [0.2, 0.25) is 0 Å². The molecule has 7 aromatic rings. The van der Waals surface area contributed by atoms with Gasteiger partial charge in [-0.25, -0.2) is 4.98 Å². The van der Waals surface area contributed by atoms with Gasteiger partial charge in [-0.05, 0) is 36.4 Å². The number of aliphatic hydroxyl groups is 4. The molecule has 0 radical (unpaired) electrons. The number of aromatic amines is 1. The van der Waals surface area contributed by atoms with Crippen molar-refractivity contribution >= 4 is 77.0 Å². The summed E-state index contributed by atoms with van der Waals surface area (Å²) in [6.45, 7) is -0.854. The minimum atomic E-state index is -1.74. The van der Waals surface area contributed by atoms with Crippen molar-refractivity contribution in [2.45, 2.75) is 37.3 Å². The minimum absolute atomic E-state index is 0.00944. The average Bonchev–Trinajstić information content (AvgIpc) is 3.82. The Morgan fingerprint density at radius 2 is 1.59 bits per heavy atom. The Kier molecular flexibility index (Phi) is 6.53. The Labute approximate surface area is 278 Å². The molecule has 15 heteroatoms. The van der Waals surface area contributed by atoms with E-state index in [0.29, 0.717) is 37.3 Å². The Morgan fingerprint density at radius 3 is 2.35 bits per heavy atom. The molecule has 7 N–H and O–H groups in total. The highest BCUT2D eigenvalue weighted by molar-refractivity contribution is 7.18. The van der Waals surface area contributed by atoms with E-state index in [9.17, 15) is 40.2 Å². The molecular weight excluding hydrogens is 656 g/mol. The molecule has 0 saturated carbocycles. The third kappa shape index (κ3) is 4.18. The van der Waals surface area contributed by atoms with Gasteiger partial charge in [0.05, 0.1) is 50.0 Å². The van der Waals surface area contributed by atoms with Gasteiger partial charge in [-0.1, -0.05) is 12.1 Å². The van der Waals surface area contributed by atoms with Crippen molar-refractivity contribution in [1.82, 2.24) is 19.6 Å². The van der Waals surface area contributed by atoms with Crippen LogP contribution in [0.4, 0.5) is 0 Å². The first-order valence-corrected chi connectivity index (χ1v) is 16.1. The van der Waals surface area contributed by atoms with Gasteiger partial charge in [-0.15, -0.1) is 16.4 Å². The van der Waals surface area contributed by atoms with Gasteiger partial charge in [0, 0.05) is 33.7 Å². The van der Waals surface area contributed by atoms with Crippen molar-refractivity contribution in [2.24, 2.45) is 0 Å². The zero-order valence-corrected chi connectivity index (χ0v) is 26.0. The number of nitrogens with one attached hydrogen (secondary N) is 1. The first-order valence-electron chi connectivity index (χ1n) is 15.3. The molecule has 1 fully saturated rings. The number of imide groups is 1. The fourth-order valence-corrected chi connectivity index (χ4v) is 8.05. The minimum Gasteiger partial charge on any atom is -0.508 e. The number of hydroxylamine groups is 2. The summed E-state index contributed by atoms with van der Waals surface area (Å²) < 4.78 is 8.38. The van der Waals surface area contributed by atoms with Crippen LogP contribution in [0.25, 0.3) is 53.8 Å². The lowest BCUT2D eigenvalue weighted by Crippen LogP contribution is -2.56. The fraction of sp³-hybridized carbons (Fsp3) is 0.206. The number of phenolic OH excluding ortho intramolecular Hbond substituents is 2. The van der Waals surface area contributed by atoms with Crippen LogP contribution in [-0.2, 0) is 16.2 Å². The number of hydrogen-bond acceptors (Lipinski definition) is 12. The van der Waals surface area contributed by atoms with Gasteiger partial charge >= 0.3 is 0 Å². The topological polar surface area (TPSA) is 211 Å². The number of amides is 2. The Hall–Kier alpha value is -5.13. The van der Waals surface area contributed by atoms with Crippen molar-refractivity contribution in [1.29, 1.82) is 0 Å². The van der Waals surface area contributed by atoms with Gasteiger partial charge in [-0.3, -0.25) is 14.4 Å². The third-order valence-electron chi connectivity index (χ3n) is 9.33. The molecule has 2 amide bonds. The number of thiazole rings is 1. The van der Waals surface area contributed by atoms with Gasteiger partial charge < -0.3 is 44.9 Å². The Balaban J connectivity index is 1.32. The number of hydrogen-bond donors (Lipinski definition) is 7. The number of ether oxygens (including phenoxy) is 1. The molecule has 3 aromatic heterocycles.